The molecule has 50 heavy (non-hydrogen) atoms. The Morgan fingerprint density at radius 3 is 1.64 bits per heavy atom. The number of aryl methyl sites for hydroxylation is 2. The number of hydrogen-bond donors (Lipinski definition) is 0. The van der Waals surface area contributed by atoms with Crippen LogP contribution in [-0.2, 0) is 41.5 Å². The molecule has 0 amide bonds. The van der Waals surface area contributed by atoms with Crippen molar-refractivity contribution in [3.05, 3.63) is 130 Å². The van der Waals surface area contributed by atoms with Gasteiger partial charge >= 0.3 is 79.8 Å². The van der Waals surface area contributed by atoms with Crippen molar-refractivity contribution in [2.75, 3.05) is 0 Å². The molecule has 0 aromatic heterocycles. The quantitative estimate of drug-likeness (QED) is 0.152. The molecule has 0 saturated heterocycles. The summed E-state index contributed by atoms with van der Waals surface area (Å²) < 4.78 is 1.75. The van der Waals surface area contributed by atoms with Gasteiger partial charge in [0.05, 0.1) is 0 Å². The monoisotopic (exact) mass is 738 g/mol. The standard InChI is InChI=1S/C35H37.C9H18.C5H5.Zr/c1-22-9-13-24(14-10-22)30-18-26-17-27-19-31(25-15-11-23(2)12-16-25)33(35(6,7)8)21-29(27)28(26)20-32(30)34(3,4)5;1-8(2)6-5-7-9(3)4;1-2-4-5-3-1;/h9-16,18,20-21H,17H2,1-8H3;8-9H,6-7H2,1-4H3;1-3H,4H2;/q-1;;-1;+2. The smallest absolute Gasteiger partial charge is 0.0126 e. The summed E-state index contributed by atoms with van der Waals surface area (Å²) in [5, 5.41) is 0. The van der Waals surface area contributed by atoms with E-state index in [1.807, 2.05) is 12.2 Å². The predicted molar refractivity (Wildman–Crippen MR) is 217 cm³/mol. The Balaban J connectivity index is 0.000000311. The Kier molecular flexibility index (Phi) is 13.6. The van der Waals surface area contributed by atoms with Gasteiger partial charge in [-0.15, -0.1) is 35.2 Å². The van der Waals surface area contributed by atoms with E-state index < -0.39 is 0 Å². The molecule has 0 N–H and O–H groups in total. The van der Waals surface area contributed by atoms with E-state index in [0.29, 0.717) is 0 Å². The van der Waals surface area contributed by atoms with E-state index in [1.54, 1.807) is 27.4 Å². The second-order valence-corrected chi connectivity index (χ2v) is 19.0. The second-order valence-electron chi connectivity index (χ2n) is 17.2. The van der Waals surface area contributed by atoms with Crippen molar-refractivity contribution in [2.45, 2.75) is 120 Å². The van der Waals surface area contributed by atoms with E-state index >= 15 is 0 Å². The molecule has 0 fully saturated rings. The number of allylic oxidation sites excluding steroid dienone is 4. The molecule has 260 valence electrons. The van der Waals surface area contributed by atoms with Crippen LogP contribution in [0.2, 0.25) is 0 Å². The van der Waals surface area contributed by atoms with Crippen molar-refractivity contribution in [3.8, 4) is 33.4 Å². The van der Waals surface area contributed by atoms with Crippen LogP contribution in [0.15, 0.2) is 85.0 Å². The molecule has 0 saturated carbocycles. The average molecular weight is 740 g/mol. The predicted octanol–water partition coefficient (Wildman–Crippen LogP) is 13.7. The Morgan fingerprint density at radius 1 is 0.680 bits per heavy atom. The largest absolute Gasteiger partial charge is 0.273 e. The van der Waals surface area contributed by atoms with Crippen LogP contribution in [0.5, 0.6) is 0 Å². The number of hydrogen-bond acceptors (Lipinski definition) is 0. The van der Waals surface area contributed by atoms with Gasteiger partial charge in [0.1, 0.15) is 0 Å². The van der Waals surface area contributed by atoms with Crippen LogP contribution in [0, 0.1) is 37.8 Å². The SMILES string of the molecule is CC(C)C[C](=[Zr+2])CC(C)C.Cc1ccc(-c2[c-]c3c(cc2C(C)(C)C)-c2cc(C(C)(C)C)c(-c4ccc(C)cc4)cc2C3)cc1.[C-]1=CC=CC1. The summed E-state index contributed by atoms with van der Waals surface area (Å²) in [6.07, 6.45) is 13.6. The third-order valence-electron chi connectivity index (χ3n) is 9.27. The number of fused-ring (bicyclic) bond motifs is 3. The van der Waals surface area contributed by atoms with Crippen molar-refractivity contribution < 1.29 is 24.2 Å². The summed E-state index contributed by atoms with van der Waals surface area (Å²) in [6, 6.07) is 29.2. The first-order valence-electron chi connectivity index (χ1n) is 18.6. The molecule has 0 heterocycles. The summed E-state index contributed by atoms with van der Waals surface area (Å²) in [6.45, 7) is 27.4. The van der Waals surface area contributed by atoms with Crippen molar-refractivity contribution in [3.63, 3.8) is 0 Å². The summed E-state index contributed by atoms with van der Waals surface area (Å²) in [7, 11) is 0. The van der Waals surface area contributed by atoms with E-state index in [4.69, 9.17) is 0 Å². The molecule has 0 atom stereocenters. The first-order valence-corrected chi connectivity index (χ1v) is 19.9. The first kappa shape index (κ1) is 39.9. The Hall–Kier alpha value is -2.89. The molecule has 6 rings (SSSR count). The van der Waals surface area contributed by atoms with Crippen LogP contribution in [0.25, 0.3) is 33.4 Å². The van der Waals surface area contributed by atoms with Gasteiger partial charge in [0.25, 0.3) is 0 Å². The Labute approximate surface area is 320 Å². The van der Waals surface area contributed by atoms with Crippen molar-refractivity contribution in [1.29, 1.82) is 0 Å². The van der Waals surface area contributed by atoms with E-state index in [0.717, 1.165) is 24.7 Å². The zero-order valence-electron chi connectivity index (χ0n) is 33.1. The third kappa shape index (κ3) is 10.8. The molecular formula is C49H60Zr. The molecule has 4 aromatic carbocycles. The van der Waals surface area contributed by atoms with Gasteiger partial charge in [0.15, 0.2) is 0 Å². The fourth-order valence-corrected chi connectivity index (χ4v) is 8.75. The summed E-state index contributed by atoms with van der Waals surface area (Å²) in [5.41, 5.74) is 16.1. The third-order valence-corrected chi connectivity index (χ3v) is 10.3. The van der Waals surface area contributed by atoms with Gasteiger partial charge in [0.2, 0.25) is 0 Å². The van der Waals surface area contributed by atoms with E-state index in [1.165, 1.54) is 79.6 Å². The maximum Gasteiger partial charge on any atom is -0.0126 e. The molecule has 4 aromatic rings. The van der Waals surface area contributed by atoms with Crippen LogP contribution in [0.4, 0.5) is 0 Å². The maximum atomic E-state index is 3.91. The van der Waals surface area contributed by atoms with Crippen LogP contribution in [0.1, 0.15) is 122 Å². The zero-order valence-corrected chi connectivity index (χ0v) is 35.5. The molecule has 0 bridgehead atoms. The van der Waals surface area contributed by atoms with Crippen LogP contribution >= 0.6 is 0 Å². The van der Waals surface area contributed by atoms with Crippen molar-refractivity contribution in [2.24, 2.45) is 11.8 Å². The fraction of sp³-hybridized carbons (Fsp3) is 0.408. The zero-order chi connectivity index (χ0) is 36.8. The van der Waals surface area contributed by atoms with Gasteiger partial charge in [-0.05, 0) is 53.4 Å². The summed E-state index contributed by atoms with van der Waals surface area (Å²) in [5.74, 6) is 1.71. The van der Waals surface area contributed by atoms with Crippen LogP contribution < -0.4 is 0 Å². The summed E-state index contributed by atoms with van der Waals surface area (Å²) >= 11 is 1.65. The molecular weight excluding hydrogens is 680 g/mol. The minimum absolute atomic E-state index is 0.0310. The topological polar surface area (TPSA) is 0 Å². The second kappa shape index (κ2) is 17.1. The Morgan fingerprint density at radius 2 is 1.20 bits per heavy atom. The van der Waals surface area contributed by atoms with Crippen molar-refractivity contribution in [1.82, 2.24) is 0 Å². The van der Waals surface area contributed by atoms with Crippen molar-refractivity contribution >= 4 is 3.21 Å². The molecule has 0 nitrogen and oxygen atoms in total. The fourth-order valence-electron chi connectivity index (χ4n) is 6.74. The van der Waals surface area contributed by atoms with E-state index in [9.17, 15) is 0 Å². The first-order chi connectivity index (χ1) is 23.4. The van der Waals surface area contributed by atoms with Gasteiger partial charge in [-0.2, -0.15) is 6.08 Å². The maximum absolute atomic E-state index is 3.91. The van der Waals surface area contributed by atoms with Gasteiger partial charge in [-0.1, -0.05) is 130 Å². The molecule has 0 radical (unpaired) electrons. The minimum atomic E-state index is 0.0310. The van der Waals surface area contributed by atoms with Crippen LogP contribution in [0.3, 0.4) is 0 Å². The normalized spacial score (nSPS) is 13.1. The number of benzene rings is 4. The molecule has 2 aliphatic rings. The van der Waals surface area contributed by atoms with E-state index in [2.05, 4.69) is 168 Å². The van der Waals surface area contributed by atoms with Gasteiger partial charge in [0, 0.05) is 0 Å². The average Bonchev–Trinajstić information content (AvgIpc) is 3.71. The van der Waals surface area contributed by atoms with Crippen LogP contribution in [-0.4, -0.2) is 3.21 Å². The van der Waals surface area contributed by atoms with E-state index in [-0.39, 0.29) is 10.8 Å². The molecule has 0 aliphatic heterocycles. The summed E-state index contributed by atoms with van der Waals surface area (Å²) in [4.78, 5) is 0. The van der Waals surface area contributed by atoms with Gasteiger partial charge in [-0.3, -0.25) is 6.08 Å². The number of rotatable bonds is 6. The minimum Gasteiger partial charge on any atom is -0.273 e. The molecule has 1 heteroatoms. The Bertz CT molecular complexity index is 1680. The van der Waals surface area contributed by atoms with Gasteiger partial charge < -0.3 is 0 Å². The molecule has 0 spiro atoms. The van der Waals surface area contributed by atoms with Gasteiger partial charge in [-0.25, -0.2) is 12.2 Å². The molecule has 2 aliphatic carbocycles. The molecule has 0 unspecified atom stereocenters.